The molecule has 1 aromatic carbocycles. The molecule has 112 valence electrons. The molecule has 7 nitrogen and oxygen atoms in total. The van der Waals surface area contributed by atoms with Crippen LogP contribution in [-0.4, -0.2) is 27.2 Å². The third-order valence-electron chi connectivity index (χ3n) is 2.33. The van der Waals surface area contributed by atoms with Gasteiger partial charge >= 0.3 is 5.97 Å². The summed E-state index contributed by atoms with van der Waals surface area (Å²) in [7, 11) is -3.24. The van der Waals surface area contributed by atoms with Crippen molar-refractivity contribution in [1.82, 2.24) is 5.43 Å². The zero-order chi connectivity index (χ0) is 15.9. The SMILES string of the molecule is CCOC(=O)C(C#N)=CNNc1ccc(S(C)(=O)=O)cc1. The molecule has 21 heavy (non-hydrogen) atoms. The second-order valence-electron chi connectivity index (χ2n) is 3.96. The Labute approximate surface area is 123 Å². The van der Waals surface area contributed by atoms with Gasteiger partial charge in [-0.2, -0.15) is 5.26 Å². The maximum Gasteiger partial charge on any atom is 0.350 e. The van der Waals surface area contributed by atoms with Crippen molar-refractivity contribution >= 4 is 21.5 Å². The second kappa shape index (κ2) is 7.31. The maximum atomic E-state index is 11.3. The summed E-state index contributed by atoms with van der Waals surface area (Å²) in [6.07, 6.45) is 2.29. The van der Waals surface area contributed by atoms with Crippen molar-refractivity contribution in [3.63, 3.8) is 0 Å². The molecule has 0 radical (unpaired) electrons. The normalized spacial score (nSPS) is 11.4. The van der Waals surface area contributed by atoms with Gasteiger partial charge in [0.1, 0.15) is 6.07 Å². The number of hydrazine groups is 1. The van der Waals surface area contributed by atoms with Crippen LogP contribution >= 0.6 is 0 Å². The summed E-state index contributed by atoms with van der Waals surface area (Å²) < 4.78 is 27.3. The lowest BCUT2D eigenvalue weighted by Gasteiger charge is -2.07. The number of carbonyl (C=O) groups is 1. The molecule has 2 N–H and O–H groups in total. The number of nitrogens with one attached hydrogen (secondary N) is 2. The highest BCUT2D eigenvalue weighted by atomic mass is 32.2. The molecule has 0 aliphatic rings. The van der Waals surface area contributed by atoms with Crippen LogP contribution in [0.5, 0.6) is 0 Å². The molecule has 0 spiro atoms. The highest BCUT2D eigenvalue weighted by Gasteiger charge is 2.09. The fourth-order valence-corrected chi connectivity index (χ4v) is 1.95. The van der Waals surface area contributed by atoms with E-state index in [1.54, 1.807) is 25.1 Å². The number of carbonyl (C=O) groups excluding carboxylic acids is 1. The van der Waals surface area contributed by atoms with Crippen LogP contribution in [0.25, 0.3) is 0 Å². The van der Waals surface area contributed by atoms with Gasteiger partial charge < -0.3 is 15.6 Å². The Bertz CT molecular complexity index is 672. The quantitative estimate of drug-likeness (QED) is 0.349. The Hall–Kier alpha value is -2.53. The van der Waals surface area contributed by atoms with Crippen molar-refractivity contribution in [2.45, 2.75) is 11.8 Å². The van der Waals surface area contributed by atoms with Gasteiger partial charge in [-0.25, -0.2) is 13.2 Å². The van der Waals surface area contributed by atoms with Crippen molar-refractivity contribution in [2.24, 2.45) is 0 Å². The third kappa shape index (κ3) is 5.16. The minimum atomic E-state index is -3.24. The van der Waals surface area contributed by atoms with Gasteiger partial charge in [-0.15, -0.1) is 0 Å². The number of hydrogen-bond donors (Lipinski definition) is 2. The fourth-order valence-electron chi connectivity index (χ4n) is 1.32. The molecule has 0 amide bonds. The molecule has 0 saturated heterocycles. The van der Waals surface area contributed by atoms with E-state index in [0.29, 0.717) is 5.69 Å². The number of rotatable bonds is 6. The first-order valence-corrected chi connectivity index (χ1v) is 7.86. The molecular formula is C13H15N3O4S. The summed E-state index contributed by atoms with van der Waals surface area (Å²) in [5.41, 5.74) is 5.66. The zero-order valence-electron chi connectivity index (χ0n) is 11.6. The molecule has 0 aliphatic heterocycles. The number of anilines is 1. The van der Waals surface area contributed by atoms with E-state index in [1.165, 1.54) is 18.3 Å². The number of ether oxygens (including phenoxy) is 1. The third-order valence-corrected chi connectivity index (χ3v) is 3.46. The Morgan fingerprint density at radius 2 is 2.00 bits per heavy atom. The zero-order valence-corrected chi connectivity index (χ0v) is 12.4. The molecule has 0 bridgehead atoms. The molecule has 1 rings (SSSR count). The van der Waals surface area contributed by atoms with Gasteiger partial charge in [0.2, 0.25) is 0 Å². The number of esters is 1. The Balaban J connectivity index is 2.67. The van der Waals surface area contributed by atoms with E-state index in [2.05, 4.69) is 15.6 Å². The minimum absolute atomic E-state index is 0.179. The van der Waals surface area contributed by atoms with Gasteiger partial charge in [-0.05, 0) is 31.2 Å². The highest BCUT2D eigenvalue weighted by Crippen LogP contribution is 2.13. The summed E-state index contributed by atoms with van der Waals surface area (Å²) in [6, 6.07) is 7.69. The summed E-state index contributed by atoms with van der Waals surface area (Å²) in [5.74, 6) is -0.721. The maximum absolute atomic E-state index is 11.3. The Morgan fingerprint density at radius 3 is 2.48 bits per heavy atom. The molecule has 8 heteroatoms. The lowest BCUT2D eigenvalue weighted by Crippen LogP contribution is -2.17. The predicted molar refractivity (Wildman–Crippen MR) is 76.6 cm³/mol. The molecule has 0 unspecified atom stereocenters. The summed E-state index contributed by atoms with van der Waals surface area (Å²) in [6.45, 7) is 1.82. The number of sulfone groups is 1. The molecule has 0 heterocycles. The van der Waals surface area contributed by atoms with E-state index in [4.69, 9.17) is 5.26 Å². The lowest BCUT2D eigenvalue weighted by atomic mass is 10.3. The van der Waals surface area contributed by atoms with Crippen LogP contribution in [0.2, 0.25) is 0 Å². The standard InChI is InChI=1S/C13H15N3O4S/c1-3-20-13(17)10(8-14)9-15-16-11-4-6-12(7-5-11)21(2,18)19/h4-7,9,15-16H,3H2,1-2H3. The summed E-state index contributed by atoms with van der Waals surface area (Å²) in [4.78, 5) is 11.5. The first-order chi connectivity index (χ1) is 9.88. The molecular weight excluding hydrogens is 294 g/mol. The highest BCUT2D eigenvalue weighted by molar-refractivity contribution is 7.90. The van der Waals surface area contributed by atoms with Crippen LogP contribution in [-0.2, 0) is 19.4 Å². The molecule has 0 aromatic heterocycles. The van der Waals surface area contributed by atoms with Crippen LogP contribution in [0.15, 0.2) is 40.9 Å². The molecule has 0 atom stereocenters. The molecule has 0 saturated carbocycles. The summed E-state index contributed by atoms with van der Waals surface area (Å²) in [5, 5.41) is 8.79. The summed E-state index contributed by atoms with van der Waals surface area (Å²) >= 11 is 0. The van der Waals surface area contributed by atoms with Crippen molar-refractivity contribution in [2.75, 3.05) is 18.3 Å². The van der Waals surface area contributed by atoms with Gasteiger partial charge in [0.05, 0.1) is 17.2 Å². The van der Waals surface area contributed by atoms with Crippen molar-refractivity contribution in [3.05, 3.63) is 36.0 Å². The van der Waals surface area contributed by atoms with Gasteiger partial charge in [-0.1, -0.05) is 0 Å². The van der Waals surface area contributed by atoms with E-state index in [9.17, 15) is 13.2 Å². The van der Waals surface area contributed by atoms with Crippen LogP contribution < -0.4 is 10.9 Å². The van der Waals surface area contributed by atoms with Gasteiger partial charge in [0.15, 0.2) is 15.4 Å². The molecule has 1 aromatic rings. The van der Waals surface area contributed by atoms with Crippen molar-refractivity contribution in [3.8, 4) is 6.07 Å². The minimum Gasteiger partial charge on any atom is -0.462 e. The van der Waals surface area contributed by atoms with Gasteiger partial charge in [-0.3, -0.25) is 0 Å². The van der Waals surface area contributed by atoms with E-state index >= 15 is 0 Å². The first kappa shape index (κ1) is 16.5. The smallest absolute Gasteiger partial charge is 0.350 e. The van der Waals surface area contributed by atoms with Crippen LogP contribution in [0.1, 0.15) is 6.92 Å². The molecule has 0 fully saturated rings. The lowest BCUT2D eigenvalue weighted by molar-refractivity contribution is -0.138. The van der Waals surface area contributed by atoms with E-state index in [1.807, 2.05) is 0 Å². The number of benzene rings is 1. The van der Waals surface area contributed by atoms with Gasteiger partial charge in [0, 0.05) is 12.5 Å². The van der Waals surface area contributed by atoms with Crippen LogP contribution in [0.4, 0.5) is 5.69 Å². The van der Waals surface area contributed by atoms with Crippen molar-refractivity contribution in [1.29, 1.82) is 5.26 Å². The van der Waals surface area contributed by atoms with E-state index in [-0.39, 0.29) is 17.1 Å². The average molecular weight is 309 g/mol. The number of hydrogen-bond acceptors (Lipinski definition) is 7. The topological polar surface area (TPSA) is 108 Å². The first-order valence-electron chi connectivity index (χ1n) is 5.97. The predicted octanol–water partition coefficient (Wildman–Crippen LogP) is 0.977. The second-order valence-corrected chi connectivity index (χ2v) is 5.97. The van der Waals surface area contributed by atoms with Gasteiger partial charge in [0.25, 0.3) is 0 Å². The largest absolute Gasteiger partial charge is 0.462 e. The van der Waals surface area contributed by atoms with E-state index < -0.39 is 15.8 Å². The van der Waals surface area contributed by atoms with E-state index in [0.717, 1.165) is 6.26 Å². The van der Waals surface area contributed by atoms with Crippen molar-refractivity contribution < 1.29 is 17.9 Å². The fraction of sp³-hybridized carbons (Fsp3) is 0.231. The van der Waals surface area contributed by atoms with Crippen LogP contribution in [0, 0.1) is 11.3 Å². The number of nitrogens with zero attached hydrogens (tertiary/aromatic N) is 1. The Kier molecular flexibility index (Phi) is 5.75. The molecule has 0 aliphatic carbocycles. The Morgan fingerprint density at radius 1 is 1.38 bits per heavy atom. The monoisotopic (exact) mass is 309 g/mol. The number of nitriles is 1. The van der Waals surface area contributed by atoms with Crippen LogP contribution in [0.3, 0.4) is 0 Å². The average Bonchev–Trinajstić information content (AvgIpc) is 2.43.